The van der Waals surface area contributed by atoms with Crippen molar-refractivity contribution in [3.05, 3.63) is 35.6 Å². The van der Waals surface area contributed by atoms with Crippen molar-refractivity contribution in [1.82, 2.24) is 5.32 Å². The molecule has 17 heavy (non-hydrogen) atoms. The number of carbonyl (C=O) groups excluding carboxylic acids is 1. The molecule has 92 valence electrons. The maximum Gasteiger partial charge on any atom is 0.231 e. The Labute approximate surface area is 99.7 Å². The molecule has 1 aliphatic carbocycles. The molecule has 0 heterocycles. The molecule has 1 aromatic rings. The zero-order chi connectivity index (χ0) is 12.5. The van der Waals surface area contributed by atoms with Crippen molar-refractivity contribution >= 4 is 5.91 Å². The van der Waals surface area contributed by atoms with Crippen molar-refractivity contribution in [2.45, 2.75) is 31.2 Å². The minimum absolute atomic E-state index is 0.112. The lowest BCUT2D eigenvalue weighted by Crippen LogP contribution is -2.42. The number of halogens is 1. The van der Waals surface area contributed by atoms with E-state index in [0.717, 1.165) is 0 Å². The van der Waals surface area contributed by atoms with Gasteiger partial charge in [0.2, 0.25) is 5.91 Å². The fourth-order valence-electron chi connectivity index (χ4n) is 2.00. The second kappa shape index (κ2) is 4.45. The number of benzene rings is 1. The highest BCUT2D eigenvalue weighted by Crippen LogP contribution is 2.49. The molecule has 0 saturated heterocycles. The third-order valence-electron chi connectivity index (χ3n) is 3.23. The molecule has 1 atom stereocenters. The second-order valence-corrected chi connectivity index (χ2v) is 4.62. The molecule has 1 amide bonds. The average molecular weight is 237 g/mol. The molecule has 4 heteroatoms. The zero-order valence-electron chi connectivity index (χ0n) is 9.74. The smallest absolute Gasteiger partial charge is 0.231 e. The molecule has 1 fully saturated rings. The lowest BCUT2D eigenvalue weighted by molar-refractivity contribution is -0.124. The van der Waals surface area contributed by atoms with Gasteiger partial charge in [-0.3, -0.25) is 4.79 Å². The Balaban J connectivity index is 2.20. The Bertz CT molecular complexity index is 429. The standard InChI is InChI=1S/C13H16FNO2/c1-9(8-16)15-12(17)13(6-7-13)10-4-2-3-5-11(10)14/h2-5,9,16H,6-8H2,1H3,(H,15,17). The van der Waals surface area contributed by atoms with Crippen molar-refractivity contribution in [2.24, 2.45) is 0 Å². The monoisotopic (exact) mass is 237 g/mol. The molecule has 2 N–H and O–H groups in total. The molecule has 1 aliphatic rings. The second-order valence-electron chi connectivity index (χ2n) is 4.62. The minimum atomic E-state index is -0.714. The maximum absolute atomic E-state index is 13.7. The maximum atomic E-state index is 13.7. The van der Waals surface area contributed by atoms with Crippen LogP contribution in [0.3, 0.4) is 0 Å². The summed E-state index contributed by atoms with van der Waals surface area (Å²) in [6.07, 6.45) is 1.33. The van der Waals surface area contributed by atoms with Gasteiger partial charge in [-0.25, -0.2) is 4.39 Å². The summed E-state index contributed by atoms with van der Waals surface area (Å²) in [5, 5.41) is 11.6. The van der Waals surface area contributed by atoms with E-state index in [1.165, 1.54) is 6.07 Å². The Hall–Kier alpha value is -1.42. The van der Waals surface area contributed by atoms with Gasteiger partial charge in [0.15, 0.2) is 0 Å². The molecule has 0 bridgehead atoms. The number of aliphatic hydroxyl groups is 1. The Morgan fingerprint density at radius 2 is 2.18 bits per heavy atom. The molecular weight excluding hydrogens is 221 g/mol. The van der Waals surface area contributed by atoms with Crippen LogP contribution in [0.25, 0.3) is 0 Å². The van der Waals surface area contributed by atoms with Gasteiger partial charge in [-0.15, -0.1) is 0 Å². The lowest BCUT2D eigenvalue weighted by atomic mass is 9.94. The first-order valence-corrected chi connectivity index (χ1v) is 5.77. The largest absolute Gasteiger partial charge is 0.394 e. The predicted octanol–water partition coefficient (Wildman–Crippen LogP) is 1.35. The molecule has 0 radical (unpaired) electrons. The third-order valence-corrected chi connectivity index (χ3v) is 3.23. The quantitative estimate of drug-likeness (QED) is 0.830. The summed E-state index contributed by atoms with van der Waals surface area (Å²) < 4.78 is 13.7. The van der Waals surface area contributed by atoms with Crippen LogP contribution in [0.15, 0.2) is 24.3 Å². The van der Waals surface area contributed by atoms with Crippen LogP contribution in [0.1, 0.15) is 25.3 Å². The van der Waals surface area contributed by atoms with Crippen LogP contribution >= 0.6 is 0 Å². The number of amides is 1. The summed E-state index contributed by atoms with van der Waals surface area (Å²) in [5.41, 5.74) is -0.253. The van der Waals surface area contributed by atoms with Gasteiger partial charge in [-0.1, -0.05) is 18.2 Å². The minimum Gasteiger partial charge on any atom is -0.394 e. The first kappa shape index (κ1) is 12.0. The van der Waals surface area contributed by atoms with E-state index in [1.807, 2.05) is 0 Å². The lowest BCUT2D eigenvalue weighted by Gasteiger charge is -2.19. The van der Waals surface area contributed by atoms with E-state index in [4.69, 9.17) is 5.11 Å². The number of carbonyl (C=O) groups is 1. The molecule has 1 saturated carbocycles. The normalized spacial score (nSPS) is 18.5. The summed E-state index contributed by atoms with van der Waals surface area (Å²) in [7, 11) is 0. The highest BCUT2D eigenvalue weighted by Gasteiger charge is 2.52. The molecule has 0 aliphatic heterocycles. The van der Waals surface area contributed by atoms with Crippen LogP contribution < -0.4 is 5.32 Å². The number of rotatable bonds is 4. The molecule has 0 aromatic heterocycles. The predicted molar refractivity (Wildman–Crippen MR) is 62.0 cm³/mol. The summed E-state index contributed by atoms with van der Waals surface area (Å²) in [6.45, 7) is 1.61. The van der Waals surface area contributed by atoms with Gasteiger partial charge in [0.1, 0.15) is 5.82 Å². The van der Waals surface area contributed by atoms with Crippen molar-refractivity contribution in [3.63, 3.8) is 0 Å². The van der Waals surface area contributed by atoms with Gasteiger partial charge in [-0.2, -0.15) is 0 Å². The van der Waals surface area contributed by atoms with E-state index < -0.39 is 5.41 Å². The van der Waals surface area contributed by atoms with E-state index in [1.54, 1.807) is 25.1 Å². The zero-order valence-corrected chi connectivity index (χ0v) is 9.74. The van der Waals surface area contributed by atoms with Crippen LogP contribution in [0.2, 0.25) is 0 Å². The first-order chi connectivity index (χ1) is 8.10. The summed E-state index contributed by atoms with van der Waals surface area (Å²) in [5.74, 6) is -0.527. The Morgan fingerprint density at radius 3 is 2.71 bits per heavy atom. The van der Waals surface area contributed by atoms with Gasteiger partial charge in [0, 0.05) is 11.6 Å². The van der Waals surface area contributed by atoms with Crippen LogP contribution in [-0.2, 0) is 10.2 Å². The molecule has 0 spiro atoms. The molecule has 1 aromatic carbocycles. The Morgan fingerprint density at radius 1 is 1.53 bits per heavy atom. The van der Waals surface area contributed by atoms with Gasteiger partial charge >= 0.3 is 0 Å². The van der Waals surface area contributed by atoms with E-state index in [0.29, 0.717) is 18.4 Å². The van der Waals surface area contributed by atoms with Crippen molar-refractivity contribution in [2.75, 3.05) is 6.61 Å². The van der Waals surface area contributed by atoms with Crippen molar-refractivity contribution < 1.29 is 14.3 Å². The van der Waals surface area contributed by atoms with Crippen LogP contribution in [0, 0.1) is 5.82 Å². The first-order valence-electron chi connectivity index (χ1n) is 5.77. The van der Waals surface area contributed by atoms with Crippen LogP contribution in [0.4, 0.5) is 4.39 Å². The van der Waals surface area contributed by atoms with E-state index in [-0.39, 0.29) is 24.4 Å². The van der Waals surface area contributed by atoms with Crippen molar-refractivity contribution in [1.29, 1.82) is 0 Å². The number of hydrogen-bond acceptors (Lipinski definition) is 2. The van der Waals surface area contributed by atoms with Crippen LogP contribution in [-0.4, -0.2) is 23.7 Å². The van der Waals surface area contributed by atoms with E-state index in [2.05, 4.69) is 5.32 Å². The summed E-state index contributed by atoms with van der Waals surface area (Å²) in [6, 6.07) is 6.08. The number of hydrogen-bond donors (Lipinski definition) is 2. The van der Waals surface area contributed by atoms with Gasteiger partial charge in [0.05, 0.1) is 12.0 Å². The van der Waals surface area contributed by atoms with Crippen molar-refractivity contribution in [3.8, 4) is 0 Å². The highest BCUT2D eigenvalue weighted by molar-refractivity contribution is 5.91. The summed E-state index contributed by atoms with van der Waals surface area (Å²) in [4.78, 5) is 12.1. The fourth-order valence-corrected chi connectivity index (χ4v) is 2.00. The molecule has 1 unspecified atom stereocenters. The molecule has 3 nitrogen and oxygen atoms in total. The topological polar surface area (TPSA) is 49.3 Å². The van der Waals surface area contributed by atoms with E-state index >= 15 is 0 Å². The molecular formula is C13H16FNO2. The Kier molecular flexibility index (Phi) is 3.15. The SMILES string of the molecule is CC(CO)NC(=O)C1(c2ccccc2F)CC1. The van der Waals surface area contributed by atoms with E-state index in [9.17, 15) is 9.18 Å². The third kappa shape index (κ3) is 2.17. The fraction of sp³-hybridized carbons (Fsp3) is 0.462. The van der Waals surface area contributed by atoms with Gasteiger partial charge < -0.3 is 10.4 Å². The number of aliphatic hydroxyl groups excluding tert-OH is 1. The highest BCUT2D eigenvalue weighted by atomic mass is 19.1. The van der Waals surface area contributed by atoms with Gasteiger partial charge in [-0.05, 0) is 25.8 Å². The summed E-state index contributed by atoms with van der Waals surface area (Å²) >= 11 is 0. The van der Waals surface area contributed by atoms with Gasteiger partial charge in [0.25, 0.3) is 0 Å². The number of nitrogens with one attached hydrogen (secondary N) is 1. The molecule has 2 rings (SSSR count). The average Bonchev–Trinajstić information content (AvgIpc) is 3.10. The van der Waals surface area contributed by atoms with Crippen LogP contribution in [0.5, 0.6) is 0 Å².